The maximum atomic E-state index is 12.4. The van der Waals surface area contributed by atoms with Crippen molar-refractivity contribution in [2.24, 2.45) is 5.14 Å². The number of hydrazine groups is 1. The maximum Gasteiger partial charge on any atom is 0.279 e. The van der Waals surface area contributed by atoms with E-state index in [4.69, 9.17) is 9.88 Å². The van der Waals surface area contributed by atoms with Crippen LogP contribution in [0, 0.1) is 0 Å². The zero-order valence-electron chi connectivity index (χ0n) is 15.3. The lowest BCUT2D eigenvalue weighted by Crippen LogP contribution is -2.41. The van der Waals surface area contributed by atoms with Crippen LogP contribution >= 0.6 is 11.3 Å². The van der Waals surface area contributed by atoms with Crippen LogP contribution in [0.2, 0.25) is 0 Å². The van der Waals surface area contributed by atoms with E-state index in [-0.39, 0.29) is 16.2 Å². The lowest BCUT2D eigenvalue weighted by Gasteiger charge is -2.11. The fraction of sp³-hybridized carbons (Fsp3) is 0.333. The summed E-state index contributed by atoms with van der Waals surface area (Å²) in [6.45, 7) is 0. The Hall–Kier alpha value is -2.43. The second-order valence-corrected chi connectivity index (χ2v) is 9.13. The first-order valence-corrected chi connectivity index (χ1v) is 11.1. The van der Waals surface area contributed by atoms with Gasteiger partial charge in [-0.2, -0.15) is 0 Å². The summed E-state index contributed by atoms with van der Waals surface area (Å²) in [6.07, 6.45) is 5.35. The normalized spacial score (nSPS) is 13.9. The van der Waals surface area contributed by atoms with Crippen molar-refractivity contribution < 1.29 is 22.7 Å². The summed E-state index contributed by atoms with van der Waals surface area (Å²) in [5.74, 6) is -0.983. The van der Waals surface area contributed by atoms with Crippen LogP contribution in [0.25, 0.3) is 0 Å². The van der Waals surface area contributed by atoms with Crippen molar-refractivity contribution >= 4 is 33.2 Å². The lowest BCUT2D eigenvalue weighted by molar-refractivity contribution is 0.0847. The standard InChI is InChI=1S/C18H21N3O5S2/c1-26-14-8-7-12(28(19,24)25)10-13(14)17(22)20-21-18(23)16-9-11-5-3-2-4-6-15(11)27-16/h7-10H,2-6H2,1H3,(H,20,22)(H,21,23)(H2,19,24,25). The first-order valence-electron chi connectivity index (χ1n) is 8.72. The molecule has 0 atom stereocenters. The number of rotatable bonds is 4. The zero-order chi connectivity index (χ0) is 20.3. The van der Waals surface area contributed by atoms with Gasteiger partial charge in [-0.15, -0.1) is 11.3 Å². The van der Waals surface area contributed by atoms with Crippen molar-refractivity contribution in [2.75, 3.05) is 7.11 Å². The highest BCUT2D eigenvalue weighted by atomic mass is 32.2. The summed E-state index contributed by atoms with van der Waals surface area (Å²) in [4.78, 5) is 26.4. The molecule has 0 spiro atoms. The minimum Gasteiger partial charge on any atom is -0.496 e. The monoisotopic (exact) mass is 423 g/mol. The number of hydrogen-bond donors (Lipinski definition) is 3. The molecule has 3 rings (SSSR count). The van der Waals surface area contributed by atoms with E-state index in [9.17, 15) is 18.0 Å². The predicted molar refractivity (Wildman–Crippen MR) is 105 cm³/mol. The van der Waals surface area contributed by atoms with Crippen LogP contribution in [-0.2, 0) is 22.9 Å². The Kier molecular flexibility index (Phi) is 6.01. The van der Waals surface area contributed by atoms with Crippen LogP contribution in [0.3, 0.4) is 0 Å². The van der Waals surface area contributed by atoms with Crippen LogP contribution in [-0.4, -0.2) is 27.3 Å². The van der Waals surface area contributed by atoms with E-state index in [0.29, 0.717) is 4.88 Å². The second-order valence-electron chi connectivity index (χ2n) is 6.44. The number of aryl methyl sites for hydroxylation is 2. The topological polar surface area (TPSA) is 128 Å². The van der Waals surface area contributed by atoms with Gasteiger partial charge in [0.15, 0.2) is 0 Å². The van der Waals surface area contributed by atoms with E-state index >= 15 is 0 Å². The molecule has 0 bridgehead atoms. The molecule has 1 aliphatic rings. The third kappa shape index (κ3) is 4.51. The van der Waals surface area contributed by atoms with Crippen molar-refractivity contribution in [1.82, 2.24) is 10.9 Å². The van der Waals surface area contributed by atoms with E-state index < -0.39 is 21.8 Å². The molecule has 1 aliphatic carbocycles. The van der Waals surface area contributed by atoms with Crippen molar-refractivity contribution in [3.8, 4) is 5.75 Å². The van der Waals surface area contributed by atoms with Crippen LogP contribution in [0.4, 0.5) is 0 Å². The number of sulfonamides is 1. The first-order chi connectivity index (χ1) is 13.3. The molecule has 1 aromatic heterocycles. The molecule has 0 saturated heterocycles. The Morgan fingerprint density at radius 1 is 1.07 bits per heavy atom. The number of nitrogens with two attached hydrogens (primary N) is 1. The second kappa shape index (κ2) is 8.29. The van der Waals surface area contributed by atoms with E-state index in [2.05, 4.69) is 10.9 Å². The van der Waals surface area contributed by atoms with E-state index in [1.54, 1.807) is 0 Å². The fourth-order valence-corrected chi connectivity index (χ4v) is 4.75. The zero-order valence-corrected chi connectivity index (χ0v) is 16.9. The van der Waals surface area contributed by atoms with Gasteiger partial charge in [-0.05, 0) is 55.5 Å². The fourth-order valence-electron chi connectivity index (χ4n) is 3.06. The average molecular weight is 424 g/mol. The number of thiophene rings is 1. The van der Waals surface area contributed by atoms with Gasteiger partial charge in [-0.25, -0.2) is 13.6 Å². The highest BCUT2D eigenvalue weighted by Crippen LogP contribution is 2.29. The summed E-state index contributed by atoms with van der Waals surface area (Å²) in [5.41, 5.74) is 5.80. The molecule has 0 radical (unpaired) electrons. The van der Waals surface area contributed by atoms with Crippen molar-refractivity contribution in [1.29, 1.82) is 0 Å². The Labute approximate surface area is 167 Å². The molecule has 0 saturated carbocycles. The largest absolute Gasteiger partial charge is 0.496 e. The molecule has 2 aromatic rings. The smallest absolute Gasteiger partial charge is 0.279 e. The van der Waals surface area contributed by atoms with Crippen LogP contribution in [0.1, 0.15) is 49.7 Å². The Morgan fingerprint density at radius 2 is 1.79 bits per heavy atom. The minimum atomic E-state index is -3.98. The van der Waals surface area contributed by atoms with Gasteiger partial charge in [0.05, 0.1) is 22.4 Å². The number of methoxy groups -OCH3 is 1. The van der Waals surface area contributed by atoms with Gasteiger partial charge in [0, 0.05) is 4.88 Å². The van der Waals surface area contributed by atoms with E-state index in [0.717, 1.165) is 31.7 Å². The van der Waals surface area contributed by atoms with Gasteiger partial charge in [-0.1, -0.05) is 6.42 Å². The van der Waals surface area contributed by atoms with Crippen LogP contribution in [0.15, 0.2) is 29.2 Å². The minimum absolute atomic E-state index is 0.0590. The van der Waals surface area contributed by atoms with Gasteiger partial charge < -0.3 is 4.74 Å². The molecule has 150 valence electrons. The molecule has 10 heteroatoms. The molecule has 2 amide bonds. The Morgan fingerprint density at radius 3 is 2.50 bits per heavy atom. The van der Waals surface area contributed by atoms with Crippen LogP contribution in [0.5, 0.6) is 5.75 Å². The molecule has 1 aromatic carbocycles. The summed E-state index contributed by atoms with van der Waals surface area (Å²) >= 11 is 1.43. The van der Waals surface area contributed by atoms with Crippen LogP contribution < -0.4 is 20.7 Å². The number of benzene rings is 1. The molecule has 4 N–H and O–H groups in total. The third-order valence-corrected chi connectivity index (χ3v) is 6.65. The molecule has 0 aliphatic heterocycles. The SMILES string of the molecule is COc1ccc(S(N)(=O)=O)cc1C(=O)NNC(=O)c1cc2c(s1)CCCCC2. The molecule has 1 heterocycles. The number of hydrogen-bond acceptors (Lipinski definition) is 6. The number of carbonyl (C=O) groups excluding carboxylic acids is 2. The molecular weight excluding hydrogens is 402 g/mol. The van der Waals surface area contributed by atoms with Gasteiger partial charge >= 0.3 is 0 Å². The first kappa shape index (κ1) is 20.3. The molecular formula is C18H21N3O5S2. The van der Waals surface area contributed by atoms with Gasteiger partial charge in [0.25, 0.3) is 11.8 Å². The van der Waals surface area contributed by atoms with Crippen molar-refractivity contribution in [3.05, 3.63) is 45.1 Å². The summed E-state index contributed by atoms with van der Waals surface area (Å²) < 4.78 is 28.1. The maximum absolute atomic E-state index is 12.4. The van der Waals surface area contributed by atoms with Crippen molar-refractivity contribution in [2.45, 2.75) is 37.0 Å². The third-order valence-electron chi connectivity index (χ3n) is 4.50. The average Bonchev–Trinajstić information content (AvgIpc) is 2.95. The van der Waals surface area contributed by atoms with E-state index in [1.807, 2.05) is 6.07 Å². The van der Waals surface area contributed by atoms with E-state index in [1.165, 1.54) is 47.4 Å². The highest BCUT2D eigenvalue weighted by molar-refractivity contribution is 7.89. The number of carbonyl (C=O) groups is 2. The summed E-state index contributed by atoms with van der Waals surface area (Å²) in [5, 5.41) is 5.11. The quantitative estimate of drug-likeness (QED) is 0.510. The lowest BCUT2D eigenvalue weighted by atomic mass is 10.1. The number of amides is 2. The number of nitrogens with one attached hydrogen (secondary N) is 2. The van der Waals surface area contributed by atoms with Gasteiger partial charge in [0.2, 0.25) is 10.0 Å². The molecule has 0 fully saturated rings. The summed E-state index contributed by atoms with van der Waals surface area (Å²) in [7, 11) is -2.64. The molecule has 28 heavy (non-hydrogen) atoms. The summed E-state index contributed by atoms with van der Waals surface area (Å²) in [6, 6.07) is 5.53. The van der Waals surface area contributed by atoms with Gasteiger partial charge in [-0.3, -0.25) is 20.4 Å². The number of primary sulfonamides is 1. The molecule has 0 unspecified atom stereocenters. The number of fused-ring (bicyclic) bond motifs is 1. The number of ether oxygens (including phenoxy) is 1. The van der Waals surface area contributed by atoms with Gasteiger partial charge in [0.1, 0.15) is 5.75 Å². The Bertz CT molecular complexity index is 991. The Balaban J connectivity index is 1.72. The predicted octanol–water partition coefficient (Wildman–Crippen LogP) is 1.75. The van der Waals surface area contributed by atoms with Crippen molar-refractivity contribution in [3.63, 3.8) is 0 Å². The molecule has 8 nitrogen and oxygen atoms in total. The highest BCUT2D eigenvalue weighted by Gasteiger charge is 2.20.